The minimum atomic E-state index is -1.39. The van der Waals surface area contributed by atoms with Crippen LogP contribution in [0.3, 0.4) is 0 Å². The minimum Gasteiger partial charge on any atom is -0.467 e. The molecule has 286 valence electrons. The van der Waals surface area contributed by atoms with E-state index in [0.29, 0.717) is 12.8 Å². The number of hydrogen-bond donors (Lipinski definition) is 0. The van der Waals surface area contributed by atoms with Crippen LogP contribution in [0.5, 0.6) is 0 Å². The number of ether oxygens (including phenoxy) is 10. The second-order valence-corrected chi connectivity index (χ2v) is 13.5. The first-order valence-electron chi connectivity index (χ1n) is 17.9. The number of rotatable bonds is 15. The molecule has 15 nitrogen and oxygen atoms in total. The Bertz CT molecular complexity index is 1740. The van der Waals surface area contributed by atoms with Crippen LogP contribution in [0, 0.1) is 0 Å². The largest absolute Gasteiger partial charge is 0.467 e. The van der Waals surface area contributed by atoms with E-state index in [4.69, 9.17) is 47.4 Å². The molecule has 3 aromatic carbocycles. The summed E-state index contributed by atoms with van der Waals surface area (Å²) in [6.07, 6.45) is -8.29. The third kappa shape index (κ3) is 8.92. The van der Waals surface area contributed by atoms with E-state index in [1.807, 2.05) is 91.0 Å². The summed E-state index contributed by atoms with van der Waals surface area (Å²) in [5.41, 5.74) is 12.5. The molecule has 3 aromatic rings. The lowest BCUT2D eigenvalue weighted by atomic mass is 9.95. The van der Waals surface area contributed by atoms with Gasteiger partial charge in [-0.1, -0.05) is 96.1 Å². The molecule has 7 rings (SSSR count). The minimum absolute atomic E-state index is 0.109. The van der Waals surface area contributed by atoms with Gasteiger partial charge in [0.15, 0.2) is 24.5 Å². The second-order valence-electron chi connectivity index (χ2n) is 13.5. The molecule has 0 unspecified atom stereocenters. The van der Waals surface area contributed by atoms with Crippen LogP contribution in [0.4, 0.5) is 0 Å². The van der Waals surface area contributed by atoms with Crippen molar-refractivity contribution < 1.29 is 57.0 Å². The second kappa shape index (κ2) is 17.4. The van der Waals surface area contributed by atoms with E-state index in [9.17, 15) is 15.1 Å². The summed E-state index contributed by atoms with van der Waals surface area (Å²) >= 11 is 0. The molecule has 1 aliphatic carbocycles. The summed E-state index contributed by atoms with van der Waals surface area (Å²) in [6.45, 7) is 1.42. The first-order valence-corrected chi connectivity index (χ1v) is 17.9. The molecule has 0 aromatic heterocycles. The highest BCUT2D eigenvalue weighted by molar-refractivity contribution is 5.75. The summed E-state index contributed by atoms with van der Waals surface area (Å²) in [6, 6.07) is 27.2. The van der Waals surface area contributed by atoms with E-state index in [1.54, 1.807) is 0 Å². The molecule has 54 heavy (non-hydrogen) atoms. The van der Waals surface area contributed by atoms with Crippen LogP contribution in [0.15, 0.2) is 96.1 Å². The zero-order valence-electron chi connectivity index (χ0n) is 29.9. The van der Waals surface area contributed by atoms with E-state index < -0.39 is 79.1 Å². The Morgan fingerprint density at radius 1 is 0.778 bits per heavy atom. The Morgan fingerprint density at radius 2 is 1.33 bits per heavy atom. The standard InChI is InChI=1S/C39H43N3O12/c1-24(43)46-23-28-30(47-20-25-12-6-3-7-13-25)31(48-21-26-14-8-4-9-15-26)29(41-42-40)37(50-28)51-33-32(49-22-27-16-10-5-11-17-27)35-38(52-34(33)36(44)45-2)54-39(53-35)18-19-39/h3-17,28-35,37-38H,18-23H2,1-2H3/t28-,29-,30-,31-,32+,33+,34+,35-,37-,38-/m1/s1. The van der Waals surface area contributed by atoms with Crippen molar-refractivity contribution in [3.05, 3.63) is 118 Å². The van der Waals surface area contributed by atoms with Gasteiger partial charge in [0, 0.05) is 24.7 Å². The first kappa shape index (κ1) is 37.9. The van der Waals surface area contributed by atoms with Gasteiger partial charge >= 0.3 is 11.9 Å². The molecule has 1 spiro atoms. The van der Waals surface area contributed by atoms with Gasteiger partial charge in [-0.05, 0) is 22.2 Å². The van der Waals surface area contributed by atoms with Crippen LogP contribution in [0.1, 0.15) is 36.5 Å². The summed E-state index contributed by atoms with van der Waals surface area (Å²) in [7, 11) is 1.24. The van der Waals surface area contributed by atoms with Crippen LogP contribution >= 0.6 is 0 Å². The monoisotopic (exact) mass is 745 g/mol. The van der Waals surface area contributed by atoms with Gasteiger partial charge in [-0.3, -0.25) is 4.79 Å². The molecule has 0 radical (unpaired) electrons. The van der Waals surface area contributed by atoms with E-state index in [-0.39, 0.29) is 26.4 Å². The Labute approximate surface area is 312 Å². The van der Waals surface area contributed by atoms with Gasteiger partial charge in [-0.2, -0.15) is 0 Å². The van der Waals surface area contributed by atoms with E-state index in [0.717, 1.165) is 16.7 Å². The third-order valence-electron chi connectivity index (χ3n) is 9.67. The fourth-order valence-corrected chi connectivity index (χ4v) is 6.87. The lowest BCUT2D eigenvalue weighted by molar-refractivity contribution is -0.332. The number of benzene rings is 3. The van der Waals surface area contributed by atoms with Crippen LogP contribution in [0.25, 0.3) is 10.4 Å². The van der Waals surface area contributed by atoms with Crippen LogP contribution in [-0.4, -0.2) is 92.8 Å². The maximum atomic E-state index is 13.4. The Hall–Kier alpha value is -4.41. The Balaban J connectivity index is 1.23. The number of nitrogens with zero attached hydrogens (tertiary/aromatic N) is 3. The van der Waals surface area contributed by atoms with Crippen LogP contribution < -0.4 is 0 Å². The number of carbonyl (C=O) groups excluding carboxylic acids is 2. The highest BCUT2D eigenvalue weighted by Crippen LogP contribution is 2.51. The molecule has 3 saturated heterocycles. The van der Waals surface area contributed by atoms with Crippen LogP contribution in [-0.2, 0) is 76.8 Å². The molecule has 0 N–H and O–H groups in total. The van der Waals surface area contributed by atoms with Gasteiger partial charge in [0.2, 0.25) is 0 Å². The predicted molar refractivity (Wildman–Crippen MR) is 187 cm³/mol. The van der Waals surface area contributed by atoms with Crippen molar-refractivity contribution in [2.45, 2.75) is 107 Å². The van der Waals surface area contributed by atoms with Gasteiger partial charge < -0.3 is 47.4 Å². The average molecular weight is 746 g/mol. The molecule has 0 amide bonds. The van der Waals surface area contributed by atoms with Crippen LogP contribution in [0.2, 0.25) is 0 Å². The highest BCUT2D eigenvalue weighted by Gasteiger charge is 2.65. The van der Waals surface area contributed by atoms with Crippen molar-refractivity contribution in [2.24, 2.45) is 5.11 Å². The average Bonchev–Trinajstić information content (AvgIpc) is 3.85. The van der Waals surface area contributed by atoms with Gasteiger partial charge in [-0.25, -0.2) is 4.79 Å². The summed E-state index contributed by atoms with van der Waals surface area (Å²) in [4.78, 5) is 28.7. The molecular weight excluding hydrogens is 702 g/mol. The number of hydrogen-bond acceptors (Lipinski definition) is 13. The molecule has 4 aliphatic rings. The lowest BCUT2D eigenvalue weighted by Crippen LogP contribution is -2.65. The maximum absolute atomic E-state index is 13.4. The van der Waals surface area contributed by atoms with Crippen molar-refractivity contribution in [1.29, 1.82) is 0 Å². The van der Waals surface area contributed by atoms with Gasteiger partial charge in [0.25, 0.3) is 0 Å². The molecular formula is C39H43N3O12. The number of methoxy groups -OCH3 is 1. The SMILES string of the molecule is COC(=O)[C@H]1O[C@@H]2OC3(CC3)O[C@@H]2[C@@H](OCc2ccccc2)[C@@H]1O[C@H]1O[C@H](COC(C)=O)[C@@H](OCc2ccccc2)[C@H](OCc2ccccc2)[C@H]1N=[N+]=[N-]. The molecule has 0 bridgehead atoms. The van der Waals surface area contributed by atoms with Gasteiger partial charge in [-0.15, -0.1) is 0 Å². The van der Waals surface area contributed by atoms with E-state index in [2.05, 4.69) is 10.0 Å². The molecule has 3 aliphatic heterocycles. The van der Waals surface area contributed by atoms with Crippen molar-refractivity contribution in [3.63, 3.8) is 0 Å². The smallest absolute Gasteiger partial charge is 0.337 e. The summed E-state index contributed by atoms with van der Waals surface area (Å²) in [5.74, 6) is -2.14. The maximum Gasteiger partial charge on any atom is 0.337 e. The zero-order chi connectivity index (χ0) is 37.5. The topological polar surface area (TPSA) is 175 Å². The van der Waals surface area contributed by atoms with Crippen molar-refractivity contribution in [3.8, 4) is 0 Å². The summed E-state index contributed by atoms with van der Waals surface area (Å²) in [5, 5.41) is 4.13. The van der Waals surface area contributed by atoms with Crippen molar-refractivity contribution in [2.75, 3.05) is 13.7 Å². The molecule has 1 saturated carbocycles. The Kier molecular flexibility index (Phi) is 12.2. The van der Waals surface area contributed by atoms with E-state index in [1.165, 1.54) is 14.0 Å². The van der Waals surface area contributed by atoms with Gasteiger partial charge in [0.1, 0.15) is 49.3 Å². The van der Waals surface area contributed by atoms with E-state index >= 15 is 0 Å². The number of esters is 2. The molecule has 10 atom stereocenters. The first-order chi connectivity index (χ1) is 26.4. The number of carbonyl (C=O) groups is 2. The van der Waals surface area contributed by atoms with Crippen molar-refractivity contribution in [1.82, 2.24) is 0 Å². The molecule has 15 heteroatoms. The van der Waals surface area contributed by atoms with Gasteiger partial charge in [0.05, 0.1) is 26.9 Å². The fourth-order valence-electron chi connectivity index (χ4n) is 6.87. The summed E-state index contributed by atoms with van der Waals surface area (Å²) < 4.78 is 62.1. The third-order valence-corrected chi connectivity index (χ3v) is 9.67. The zero-order valence-corrected chi connectivity index (χ0v) is 29.9. The highest BCUT2D eigenvalue weighted by atomic mass is 16.8. The molecule has 4 fully saturated rings. The lowest BCUT2D eigenvalue weighted by Gasteiger charge is -2.47. The fraction of sp³-hybridized carbons (Fsp3) is 0.487. The quantitative estimate of drug-likeness (QED) is 0.0892. The normalized spacial score (nSPS) is 30.9. The number of fused-ring (bicyclic) bond motifs is 1. The number of azide groups is 1. The Morgan fingerprint density at radius 3 is 1.85 bits per heavy atom. The molecule has 3 heterocycles. The van der Waals surface area contributed by atoms with Crippen molar-refractivity contribution >= 4 is 11.9 Å². The predicted octanol–water partition coefficient (Wildman–Crippen LogP) is 4.90.